The number of anilines is 1. The van der Waals surface area contributed by atoms with E-state index in [0.29, 0.717) is 11.5 Å². The molecule has 0 heterocycles. The molecule has 0 aliphatic heterocycles. The van der Waals surface area contributed by atoms with Crippen LogP contribution in [-0.2, 0) is 11.3 Å². The summed E-state index contributed by atoms with van der Waals surface area (Å²) in [6, 6.07) is 13.1. The van der Waals surface area contributed by atoms with Gasteiger partial charge in [-0.05, 0) is 52.3 Å². The molecule has 2 aromatic carbocycles. The molecule has 0 aliphatic rings. The van der Waals surface area contributed by atoms with Crippen LogP contribution in [0.25, 0.3) is 0 Å². The molecule has 2 rings (SSSR count). The number of carbonyl (C=O) groups is 1. The first kappa shape index (κ1) is 21.3. The molecule has 0 bridgehead atoms. The fraction of sp³-hybridized carbons (Fsp3) is 0.278. The number of methoxy groups -OCH3 is 1. The van der Waals surface area contributed by atoms with E-state index < -0.39 is 0 Å². The van der Waals surface area contributed by atoms with Crippen molar-refractivity contribution in [2.75, 3.05) is 25.6 Å². The first-order chi connectivity index (χ1) is 11.6. The highest BCUT2D eigenvalue weighted by atomic mass is 79.9. The van der Waals surface area contributed by atoms with Crippen LogP contribution in [0.5, 0.6) is 11.5 Å². The third-order valence-electron chi connectivity index (χ3n) is 3.27. The van der Waals surface area contributed by atoms with Crippen LogP contribution in [0.4, 0.5) is 5.69 Å². The van der Waals surface area contributed by atoms with E-state index in [2.05, 4.69) is 33.5 Å². The molecule has 1 amide bonds. The van der Waals surface area contributed by atoms with E-state index in [1.165, 1.54) is 0 Å². The number of carbonyl (C=O) groups excluding carboxylic acids is 1. The summed E-state index contributed by atoms with van der Waals surface area (Å²) in [4.78, 5) is 12.0. The van der Waals surface area contributed by atoms with Crippen molar-refractivity contribution >= 4 is 39.9 Å². The highest BCUT2D eigenvalue weighted by Gasteiger charge is 2.13. The predicted octanol–water partition coefficient (Wildman–Crippen LogP) is 4.01. The lowest BCUT2D eigenvalue weighted by atomic mass is 10.2. The van der Waals surface area contributed by atoms with Crippen LogP contribution in [-0.4, -0.2) is 26.2 Å². The van der Waals surface area contributed by atoms with Gasteiger partial charge in [0.05, 0.1) is 11.6 Å². The minimum atomic E-state index is -0.230. The SMILES string of the molecule is CCNCc1cc(Br)c(OCC(=O)Nc2ccccc2)c(OC)c1.Cl. The molecule has 0 unspecified atom stereocenters. The Morgan fingerprint density at radius 2 is 1.92 bits per heavy atom. The average molecular weight is 430 g/mol. The van der Waals surface area contributed by atoms with E-state index in [0.717, 1.165) is 28.8 Å². The molecule has 136 valence electrons. The lowest BCUT2D eigenvalue weighted by molar-refractivity contribution is -0.118. The highest BCUT2D eigenvalue weighted by Crippen LogP contribution is 2.36. The Labute approximate surface area is 162 Å². The average Bonchev–Trinajstić information content (AvgIpc) is 2.59. The van der Waals surface area contributed by atoms with Gasteiger partial charge in [-0.1, -0.05) is 25.1 Å². The van der Waals surface area contributed by atoms with Crippen molar-refractivity contribution in [3.63, 3.8) is 0 Å². The maximum absolute atomic E-state index is 12.0. The fourth-order valence-electron chi connectivity index (χ4n) is 2.14. The Kier molecular flexibility index (Phi) is 9.34. The second-order valence-electron chi connectivity index (χ2n) is 5.09. The molecule has 0 saturated carbocycles. The second kappa shape index (κ2) is 11.0. The lowest BCUT2D eigenvalue weighted by Gasteiger charge is -2.14. The van der Waals surface area contributed by atoms with Crippen LogP contribution in [0.15, 0.2) is 46.9 Å². The minimum absolute atomic E-state index is 0. The Balaban J connectivity index is 0.00000312. The van der Waals surface area contributed by atoms with Crippen LogP contribution in [0, 0.1) is 0 Å². The van der Waals surface area contributed by atoms with Crippen molar-refractivity contribution in [1.82, 2.24) is 5.32 Å². The minimum Gasteiger partial charge on any atom is -0.493 e. The zero-order valence-electron chi connectivity index (χ0n) is 14.2. The highest BCUT2D eigenvalue weighted by molar-refractivity contribution is 9.10. The van der Waals surface area contributed by atoms with Gasteiger partial charge in [0.1, 0.15) is 0 Å². The van der Waals surface area contributed by atoms with Gasteiger partial charge < -0.3 is 20.1 Å². The van der Waals surface area contributed by atoms with E-state index in [1.807, 2.05) is 42.5 Å². The van der Waals surface area contributed by atoms with Gasteiger partial charge in [0.2, 0.25) is 0 Å². The topological polar surface area (TPSA) is 59.6 Å². The summed E-state index contributed by atoms with van der Waals surface area (Å²) in [5.41, 5.74) is 1.81. The van der Waals surface area contributed by atoms with Gasteiger partial charge >= 0.3 is 0 Å². The van der Waals surface area contributed by atoms with Gasteiger partial charge in [-0.25, -0.2) is 0 Å². The lowest BCUT2D eigenvalue weighted by Crippen LogP contribution is -2.20. The molecule has 0 saturated heterocycles. The van der Waals surface area contributed by atoms with Crippen molar-refractivity contribution in [2.24, 2.45) is 0 Å². The number of hydrogen-bond acceptors (Lipinski definition) is 4. The molecule has 5 nitrogen and oxygen atoms in total. The van der Waals surface area contributed by atoms with Crippen LogP contribution in [0.3, 0.4) is 0 Å². The van der Waals surface area contributed by atoms with Crippen molar-refractivity contribution < 1.29 is 14.3 Å². The molecular formula is C18H22BrClN2O3. The molecule has 25 heavy (non-hydrogen) atoms. The molecule has 0 fully saturated rings. The van der Waals surface area contributed by atoms with Crippen molar-refractivity contribution in [1.29, 1.82) is 0 Å². The summed E-state index contributed by atoms with van der Waals surface area (Å²) in [7, 11) is 1.58. The number of benzene rings is 2. The first-order valence-corrected chi connectivity index (χ1v) is 8.48. The predicted molar refractivity (Wildman–Crippen MR) is 106 cm³/mol. The van der Waals surface area contributed by atoms with Crippen LogP contribution >= 0.6 is 28.3 Å². The van der Waals surface area contributed by atoms with E-state index >= 15 is 0 Å². The van der Waals surface area contributed by atoms with E-state index in [9.17, 15) is 4.79 Å². The van der Waals surface area contributed by atoms with E-state index in [4.69, 9.17) is 9.47 Å². The third-order valence-corrected chi connectivity index (χ3v) is 3.86. The third kappa shape index (κ3) is 6.57. The van der Waals surface area contributed by atoms with Gasteiger partial charge in [0.15, 0.2) is 18.1 Å². The molecule has 0 atom stereocenters. The number of ether oxygens (including phenoxy) is 2. The number of rotatable bonds is 8. The summed E-state index contributed by atoms with van der Waals surface area (Å²) in [5, 5.41) is 6.04. The molecular weight excluding hydrogens is 408 g/mol. The molecule has 0 aromatic heterocycles. The monoisotopic (exact) mass is 428 g/mol. The molecule has 7 heteroatoms. The van der Waals surface area contributed by atoms with Crippen molar-refractivity contribution in [2.45, 2.75) is 13.5 Å². The number of para-hydroxylation sites is 1. The summed E-state index contributed by atoms with van der Waals surface area (Å²) >= 11 is 3.48. The summed E-state index contributed by atoms with van der Waals surface area (Å²) in [6.07, 6.45) is 0. The Morgan fingerprint density at radius 3 is 2.56 bits per heavy atom. The zero-order valence-corrected chi connectivity index (χ0v) is 16.6. The normalized spacial score (nSPS) is 9.88. The number of nitrogens with one attached hydrogen (secondary N) is 2. The summed E-state index contributed by atoms with van der Waals surface area (Å²) < 4.78 is 11.8. The maximum Gasteiger partial charge on any atom is 0.262 e. The van der Waals surface area contributed by atoms with Crippen LogP contribution in [0.2, 0.25) is 0 Å². The quantitative estimate of drug-likeness (QED) is 0.666. The molecule has 0 radical (unpaired) electrons. The maximum atomic E-state index is 12.0. The van der Waals surface area contributed by atoms with Crippen LogP contribution in [0.1, 0.15) is 12.5 Å². The molecule has 0 aliphatic carbocycles. The fourth-order valence-corrected chi connectivity index (χ4v) is 2.74. The smallest absolute Gasteiger partial charge is 0.262 e. The first-order valence-electron chi connectivity index (χ1n) is 7.68. The number of halogens is 2. The van der Waals surface area contributed by atoms with Gasteiger partial charge in [0, 0.05) is 12.2 Å². The Morgan fingerprint density at radius 1 is 1.20 bits per heavy atom. The Hall–Kier alpha value is -1.76. The summed E-state index contributed by atoms with van der Waals surface area (Å²) in [6.45, 7) is 3.57. The second-order valence-corrected chi connectivity index (χ2v) is 5.95. The molecule has 0 spiro atoms. The molecule has 2 N–H and O–H groups in total. The van der Waals surface area contributed by atoms with Crippen LogP contribution < -0.4 is 20.1 Å². The van der Waals surface area contributed by atoms with E-state index in [-0.39, 0.29) is 24.9 Å². The standard InChI is InChI=1S/C18H21BrN2O3.ClH/c1-3-20-11-13-9-15(19)18(16(10-13)23-2)24-12-17(22)21-14-7-5-4-6-8-14;/h4-10,20H,3,11-12H2,1-2H3,(H,21,22);1H. The molecule has 2 aromatic rings. The van der Waals surface area contributed by atoms with Gasteiger partial charge in [-0.2, -0.15) is 0 Å². The largest absolute Gasteiger partial charge is 0.493 e. The van der Waals surface area contributed by atoms with Crippen molar-refractivity contribution in [3.8, 4) is 11.5 Å². The number of amides is 1. The van der Waals surface area contributed by atoms with Gasteiger partial charge in [0.25, 0.3) is 5.91 Å². The van der Waals surface area contributed by atoms with Crippen molar-refractivity contribution in [3.05, 3.63) is 52.5 Å². The van der Waals surface area contributed by atoms with Gasteiger partial charge in [-0.3, -0.25) is 4.79 Å². The Bertz CT molecular complexity index is 684. The summed E-state index contributed by atoms with van der Waals surface area (Å²) in [5.74, 6) is 0.873. The van der Waals surface area contributed by atoms with E-state index in [1.54, 1.807) is 7.11 Å². The number of hydrogen-bond donors (Lipinski definition) is 2. The zero-order chi connectivity index (χ0) is 17.4. The van der Waals surface area contributed by atoms with Gasteiger partial charge in [-0.15, -0.1) is 12.4 Å².